The van der Waals surface area contributed by atoms with Crippen LogP contribution in [0, 0.1) is 0 Å². The highest BCUT2D eigenvalue weighted by Crippen LogP contribution is 2.27. The van der Waals surface area contributed by atoms with Crippen molar-refractivity contribution < 1.29 is 0 Å². The molecular formula is C13H22ClN3. The van der Waals surface area contributed by atoms with Crippen LogP contribution in [-0.2, 0) is 6.54 Å². The van der Waals surface area contributed by atoms with Crippen molar-refractivity contribution in [3.8, 4) is 0 Å². The number of alkyl halides is 1. The standard InChI is InChI=1S/C13H22ClN3/c1-11(14)9-15-10-12-7-8-17(16-12)13-5-3-2-4-6-13/h7-8,11,13,15H,2-6,9-10H2,1H3. The fourth-order valence-electron chi connectivity index (χ4n) is 2.42. The van der Waals surface area contributed by atoms with Gasteiger partial charge in [0.2, 0.25) is 0 Å². The SMILES string of the molecule is CC(Cl)CNCc1ccn(C2CCCCC2)n1. The third-order valence-electron chi connectivity index (χ3n) is 3.34. The summed E-state index contributed by atoms with van der Waals surface area (Å²) in [5.41, 5.74) is 1.12. The van der Waals surface area contributed by atoms with E-state index in [0.29, 0.717) is 6.04 Å². The van der Waals surface area contributed by atoms with Crippen LogP contribution in [0.25, 0.3) is 0 Å². The average Bonchev–Trinajstić information content (AvgIpc) is 2.78. The van der Waals surface area contributed by atoms with Crippen LogP contribution in [0.4, 0.5) is 0 Å². The molecule has 1 unspecified atom stereocenters. The van der Waals surface area contributed by atoms with Crippen LogP contribution in [0.1, 0.15) is 50.8 Å². The zero-order valence-corrected chi connectivity index (χ0v) is 11.3. The minimum atomic E-state index is 0.176. The summed E-state index contributed by atoms with van der Waals surface area (Å²) in [6.45, 7) is 3.64. The lowest BCUT2D eigenvalue weighted by Gasteiger charge is -2.21. The molecule has 0 radical (unpaired) electrons. The second kappa shape index (κ2) is 6.41. The molecule has 2 rings (SSSR count). The largest absolute Gasteiger partial charge is 0.310 e. The van der Waals surface area contributed by atoms with E-state index in [-0.39, 0.29) is 5.38 Å². The number of hydrogen-bond donors (Lipinski definition) is 1. The summed E-state index contributed by atoms with van der Waals surface area (Å²) in [6.07, 6.45) is 8.78. The first-order valence-electron chi connectivity index (χ1n) is 6.64. The lowest BCUT2D eigenvalue weighted by atomic mass is 9.96. The molecule has 1 aromatic rings. The van der Waals surface area contributed by atoms with Crippen molar-refractivity contribution in [2.45, 2.75) is 57.0 Å². The van der Waals surface area contributed by atoms with Gasteiger partial charge < -0.3 is 5.32 Å². The maximum absolute atomic E-state index is 5.88. The second-order valence-corrected chi connectivity index (χ2v) is 5.74. The van der Waals surface area contributed by atoms with Crippen molar-refractivity contribution in [3.63, 3.8) is 0 Å². The third-order valence-corrected chi connectivity index (χ3v) is 3.50. The maximum Gasteiger partial charge on any atom is 0.0762 e. The van der Waals surface area contributed by atoms with E-state index in [2.05, 4.69) is 27.4 Å². The number of nitrogens with one attached hydrogen (secondary N) is 1. The quantitative estimate of drug-likeness (QED) is 0.820. The average molecular weight is 256 g/mol. The van der Waals surface area contributed by atoms with Crippen molar-refractivity contribution in [2.75, 3.05) is 6.54 Å². The monoisotopic (exact) mass is 255 g/mol. The Labute approximate surface area is 109 Å². The highest BCUT2D eigenvalue weighted by Gasteiger charge is 2.15. The first-order chi connectivity index (χ1) is 8.25. The predicted molar refractivity (Wildman–Crippen MR) is 71.4 cm³/mol. The van der Waals surface area contributed by atoms with Crippen molar-refractivity contribution in [1.29, 1.82) is 0 Å². The highest BCUT2D eigenvalue weighted by atomic mass is 35.5. The van der Waals surface area contributed by atoms with Gasteiger partial charge in [-0.1, -0.05) is 19.3 Å². The maximum atomic E-state index is 5.88. The molecule has 0 amide bonds. The molecule has 0 aliphatic heterocycles. The van der Waals surface area contributed by atoms with Crippen LogP contribution < -0.4 is 5.32 Å². The molecule has 0 saturated heterocycles. The fourth-order valence-corrected chi connectivity index (χ4v) is 2.53. The molecule has 0 aromatic carbocycles. The highest BCUT2D eigenvalue weighted by molar-refractivity contribution is 6.20. The molecule has 1 N–H and O–H groups in total. The summed E-state index contributed by atoms with van der Waals surface area (Å²) >= 11 is 5.88. The smallest absolute Gasteiger partial charge is 0.0762 e. The Kier molecular flexibility index (Phi) is 4.86. The molecule has 96 valence electrons. The number of aromatic nitrogens is 2. The van der Waals surface area contributed by atoms with Gasteiger partial charge in [0.1, 0.15) is 0 Å². The Bertz CT molecular complexity index is 329. The first-order valence-corrected chi connectivity index (χ1v) is 7.08. The Hall–Kier alpha value is -0.540. The van der Waals surface area contributed by atoms with Crippen LogP contribution in [-0.4, -0.2) is 21.7 Å². The molecule has 17 heavy (non-hydrogen) atoms. The Morgan fingerprint density at radius 1 is 1.47 bits per heavy atom. The van der Waals surface area contributed by atoms with E-state index in [0.717, 1.165) is 18.8 Å². The van der Waals surface area contributed by atoms with Gasteiger partial charge >= 0.3 is 0 Å². The summed E-state index contributed by atoms with van der Waals surface area (Å²) < 4.78 is 2.15. The predicted octanol–water partition coefficient (Wildman–Crippen LogP) is 3.11. The molecule has 1 aliphatic rings. The molecule has 3 nitrogen and oxygen atoms in total. The summed E-state index contributed by atoms with van der Waals surface area (Å²) in [5.74, 6) is 0. The van der Waals surface area contributed by atoms with Crippen molar-refractivity contribution >= 4 is 11.6 Å². The van der Waals surface area contributed by atoms with E-state index in [9.17, 15) is 0 Å². The van der Waals surface area contributed by atoms with Gasteiger partial charge in [-0.15, -0.1) is 11.6 Å². The van der Waals surface area contributed by atoms with Gasteiger partial charge in [-0.25, -0.2) is 0 Å². The van der Waals surface area contributed by atoms with Crippen LogP contribution >= 0.6 is 11.6 Å². The van der Waals surface area contributed by atoms with Gasteiger partial charge in [0.05, 0.1) is 11.7 Å². The molecule has 1 aliphatic carbocycles. The van der Waals surface area contributed by atoms with Crippen molar-refractivity contribution in [1.82, 2.24) is 15.1 Å². The topological polar surface area (TPSA) is 29.9 Å². The molecule has 4 heteroatoms. The summed E-state index contributed by atoms with van der Waals surface area (Å²) in [4.78, 5) is 0. The number of rotatable bonds is 5. The molecular weight excluding hydrogens is 234 g/mol. The van der Waals surface area contributed by atoms with E-state index in [1.54, 1.807) is 0 Å². The molecule has 1 heterocycles. The number of nitrogens with zero attached hydrogens (tertiary/aromatic N) is 2. The molecule has 1 atom stereocenters. The minimum Gasteiger partial charge on any atom is -0.310 e. The summed E-state index contributed by atoms with van der Waals surface area (Å²) in [7, 11) is 0. The zero-order chi connectivity index (χ0) is 12.1. The lowest BCUT2D eigenvalue weighted by molar-refractivity contribution is 0.327. The first kappa shape index (κ1) is 12.9. The van der Waals surface area contributed by atoms with E-state index in [1.165, 1.54) is 32.1 Å². The van der Waals surface area contributed by atoms with E-state index >= 15 is 0 Å². The third kappa shape index (κ3) is 4.00. The van der Waals surface area contributed by atoms with Gasteiger partial charge in [-0.2, -0.15) is 5.10 Å². The van der Waals surface area contributed by atoms with E-state index < -0.39 is 0 Å². The number of hydrogen-bond acceptors (Lipinski definition) is 2. The van der Waals surface area contributed by atoms with Crippen LogP contribution in [0.5, 0.6) is 0 Å². The van der Waals surface area contributed by atoms with Gasteiger partial charge in [-0.05, 0) is 25.8 Å². The minimum absolute atomic E-state index is 0.176. The van der Waals surface area contributed by atoms with E-state index in [4.69, 9.17) is 11.6 Å². The van der Waals surface area contributed by atoms with Gasteiger partial charge in [0.25, 0.3) is 0 Å². The van der Waals surface area contributed by atoms with Gasteiger partial charge in [0.15, 0.2) is 0 Å². The Balaban J connectivity index is 1.82. The second-order valence-electron chi connectivity index (χ2n) is 4.99. The van der Waals surface area contributed by atoms with Crippen LogP contribution in [0.2, 0.25) is 0 Å². The van der Waals surface area contributed by atoms with E-state index in [1.807, 2.05) is 6.92 Å². The van der Waals surface area contributed by atoms with Crippen molar-refractivity contribution in [2.24, 2.45) is 0 Å². The molecule has 1 fully saturated rings. The van der Waals surface area contributed by atoms with Gasteiger partial charge in [-0.3, -0.25) is 4.68 Å². The summed E-state index contributed by atoms with van der Waals surface area (Å²) in [6, 6.07) is 2.74. The number of halogens is 1. The molecule has 1 saturated carbocycles. The van der Waals surface area contributed by atoms with Gasteiger partial charge in [0, 0.05) is 24.7 Å². The fraction of sp³-hybridized carbons (Fsp3) is 0.769. The molecule has 1 aromatic heterocycles. The lowest BCUT2D eigenvalue weighted by Crippen LogP contribution is -2.21. The Morgan fingerprint density at radius 3 is 2.94 bits per heavy atom. The van der Waals surface area contributed by atoms with Crippen LogP contribution in [0.15, 0.2) is 12.3 Å². The Morgan fingerprint density at radius 2 is 2.24 bits per heavy atom. The summed E-state index contributed by atoms with van der Waals surface area (Å²) in [5, 5.41) is 8.13. The van der Waals surface area contributed by atoms with Crippen LogP contribution in [0.3, 0.4) is 0 Å². The molecule has 0 spiro atoms. The normalized spacial score (nSPS) is 19.4. The van der Waals surface area contributed by atoms with Crippen molar-refractivity contribution in [3.05, 3.63) is 18.0 Å². The zero-order valence-electron chi connectivity index (χ0n) is 10.5. The molecule has 0 bridgehead atoms.